The van der Waals surface area contributed by atoms with Gasteiger partial charge >= 0.3 is 0 Å². The molecule has 1 heterocycles. The number of rotatable bonds is 5. The zero-order valence-corrected chi connectivity index (χ0v) is 9.74. The van der Waals surface area contributed by atoms with Gasteiger partial charge < -0.3 is 9.84 Å². The van der Waals surface area contributed by atoms with Crippen LogP contribution in [0.15, 0.2) is 42.5 Å². The molecule has 0 fully saturated rings. The van der Waals surface area contributed by atoms with Crippen molar-refractivity contribution in [3.63, 3.8) is 0 Å². The van der Waals surface area contributed by atoms with Crippen molar-refractivity contribution in [2.24, 2.45) is 0 Å². The molecule has 0 unspecified atom stereocenters. The fraction of sp³-hybridized carbons (Fsp3) is 0.231. The molecule has 0 bridgehead atoms. The molecule has 0 atom stereocenters. The fourth-order valence-electron chi connectivity index (χ4n) is 1.47. The predicted octanol–water partition coefficient (Wildman–Crippen LogP) is 2.71. The molecule has 0 radical (unpaired) electrons. The summed E-state index contributed by atoms with van der Waals surface area (Å²) >= 11 is 1.63. The standard InChI is InChI=1S/C13H14O2S/c14-8-9-15-13-7-6-12(16-13)10-11-4-2-1-3-5-11/h1-7,14H,8-10H2. The van der Waals surface area contributed by atoms with Crippen LogP contribution in [0.2, 0.25) is 0 Å². The molecule has 1 aromatic heterocycles. The summed E-state index contributed by atoms with van der Waals surface area (Å²) in [5.41, 5.74) is 1.30. The van der Waals surface area contributed by atoms with Crippen molar-refractivity contribution in [3.05, 3.63) is 52.9 Å². The number of hydrogen-bond acceptors (Lipinski definition) is 3. The zero-order valence-electron chi connectivity index (χ0n) is 8.93. The topological polar surface area (TPSA) is 29.5 Å². The average molecular weight is 234 g/mol. The van der Waals surface area contributed by atoms with Crippen LogP contribution in [-0.4, -0.2) is 18.3 Å². The van der Waals surface area contributed by atoms with E-state index in [0.717, 1.165) is 11.5 Å². The Balaban J connectivity index is 1.97. The number of ether oxygens (including phenoxy) is 1. The van der Waals surface area contributed by atoms with Crippen LogP contribution in [0.25, 0.3) is 0 Å². The Morgan fingerprint density at radius 2 is 1.88 bits per heavy atom. The van der Waals surface area contributed by atoms with Crippen LogP contribution in [0, 0.1) is 0 Å². The zero-order chi connectivity index (χ0) is 11.2. The second-order valence-electron chi connectivity index (χ2n) is 3.46. The van der Waals surface area contributed by atoms with Crippen molar-refractivity contribution in [3.8, 4) is 5.06 Å². The van der Waals surface area contributed by atoms with E-state index in [1.165, 1.54) is 10.4 Å². The first kappa shape index (κ1) is 11.2. The lowest BCUT2D eigenvalue weighted by atomic mass is 10.1. The molecule has 16 heavy (non-hydrogen) atoms. The van der Waals surface area contributed by atoms with Gasteiger partial charge in [0.05, 0.1) is 6.61 Å². The molecule has 0 aliphatic heterocycles. The van der Waals surface area contributed by atoms with Crippen LogP contribution in [0.4, 0.5) is 0 Å². The highest BCUT2D eigenvalue weighted by Gasteiger charge is 2.01. The molecular weight excluding hydrogens is 220 g/mol. The summed E-state index contributed by atoms with van der Waals surface area (Å²) in [6, 6.07) is 14.4. The monoisotopic (exact) mass is 234 g/mol. The van der Waals surface area contributed by atoms with E-state index in [1.54, 1.807) is 11.3 Å². The van der Waals surface area contributed by atoms with Gasteiger partial charge in [0.2, 0.25) is 0 Å². The van der Waals surface area contributed by atoms with Crippen LogP contribution < -0.4 is 4.74 Å². The number of benzene rings is 1. The van der Waals surface area contributed by atoms with E-state index in [-0.39, 0.29) is 6.61 Å². The van der Waals surface area contributed by atoms with E-state index in [2.05, 4.69) is 18.2 Å². The molecule has 0 spiro atoms. The molecule has 0 amide bonds. The van der Waals surface area contributed by atoms with Gasteiger partial charge in [-0.25, -0.2) is 0 Å². The Morgan fingerprint density at radius 3 is 2.62 bits per heavy atom. The van der Waals surface area contributed by atoms with E-state index in [1.807, 2.05) is 24.3 Å². The maximum Gasteiger partial charge on any atom is 0.174 e. The maximum absolute atomic E-state index is 8.65. The quantitative estimate of drug-likeness (QED) is 0.862. The van der Waals surface area contributed by atoms with Crippen molar-refractivity contribution >= 4 is 11.3 Å². The van der Waals surface area contributed by atoms with Crippen molar-refractivity contribution < 1.29 is 9.84 Å². The SMILES string of the molecule is OCCOc1ccc(Cc2ccccc2)s1. The molecule has 2 aromatic rings. The Bertz CT molecular complexity index is 423. The summed E-state index contributed by atoms with van der Waals surface area (Å²) in [5, 5.41) is 9.52. The van der Waals surface area contributed by atoms with Crippen LogP contribution >= 0.6 is 11.3 Å². The van der Waals surface area contributed by atoms with E-state index < -0.39 is 0 Å². The third-order valence-corrected chi connectivity index (χ3v) is 3.19. The van der Waals surface area contributed by atoms with Crippen molar-refractivity contribution in [1.82, 2.24) is 0 Å². The lowest BCUT2D eigenvalue weighted by molar-refractivity contribution is 0.205. The largest absolute Gasteiger partial charge is 0.482 e. The summed E-state index contributed by atoms with van der Waals surface area (Å²) in [7, 11) is 0. The van der Waals surface area contributed by atoms with E-state index >= 15 is 0 Å². The van der Waals surface area contributed by atoms with Crippen LogP contribution in [-0.2, 0) is 6.42 Å². The van der Waals surface area contributed by atoms with E-state index in [4.69, 9.17) is 9.84 Å². The Kier molecular flexibility index (Phi) is 3.97. The summed E-state index contributed by atoms with van der Waals surface area (Å²) in [6.45, 7) is 0.428. The van der Waals surface area contributed by atoms with Gasteiger partial charge in [-0.15, -0.1) is 11.3 Å². The smallest absolute Gasteiger partial charge is 0.174 e. The minimum atomic E-state index is 0.0614. The Morgan fingerprint density at radius 1 is 1.06 bits per heavy atom. The number of thiophene rings is 1. The average Bonchev–Trinajstić information content (AvgIpc) is 2.75. The minimum absolute atomic E-state index is 0.0614. The Labute approximate surface area is 99.1 Å². The molecule has 0 saturated heterocycles. The lowest BCUT2D eigenvalue weighted by Crippen LogP contribution is -1.99. The van der Waals surface area contributed by atoms with Crippen LogP contribution in [0.1, 0.15) is 10.4 Å². The molecule has 0 aliphatic rings. The first-order valence-electron chi connectivity index (χ1n) is 5.25. The van der Waals surface area contributed by atoms with Crippen molar-refractivity contribution in [2.75, 3.05) is 13.2 Å². The van der Waals surface area contributed by atoms with E-state index in [0.29, 0.717) is 6.61 Å². The molecule has 2 rings (SSSR count). The second-order valence-corrected chi connectivity index (χ2v) is 4.59. The van der Waals surface area contributed by atoms with Gasteiger partial charge in [-0.1, -0.05) is 30.3 Å². The molecule has 1 aromatic carbocycles. The van der Waals surface area contributed by atoms with Crippen molar-refractivity contribution in [2.45, 2.75) is 6.42 Å². The summed E-state index contributed by atoms with van der Waals surface area (Å²) in [4.78, 5) is 1.28. The summed E-state index contributed by atoms with van der Waals surface area (Å²) in [6.07, 6.45) is 0.938. The molecule has 3 heteroatoms. The number of aliphatic hydroxyl groups is 1. The Hall–Kier alpha value is -1.32. The number of hydrogen-bond donors (Lipinski definition) is 1. The van der Waals surface area contributed by atoms with Gasteiger partial charge in [0.15, 0.2) is 5.06 Å². The molecular formula is C13H14O2S. The summed E-state index contributed by atoms with van der Waals surface area (Å²) < 4.78 is 5.34. The van der Waals surface area contributed by atoms with Gasteiger partial charge in [0, 0.05) is 11.3 Å². The third-order valence-electron chi connectivity index (χ3n) is 2.19. The van der Waals surface area contributed by atoms with Gasteiger partial charge in [-0.3, -0.25) is 0 Å². The molecule has 1 N–H and O–H groups in total. The lowest BCUT2D eigenvalue weighted by Gasteiger charge is -1.99. The van der Waals surface area contributed by atoms with Crippen LogP contribution in [0.5, 0.6) is 5.06 Å². The predicted molar refractivity (Wildman–Crippen MR) is 66.1 cm³/mol. The van der Waals surface area contributed by atoms with Crippen molar-refractivity contribution in [1.29, 1.82) is 0 Å². The van der Waals surface area contributed by atoms with Gasteiger partial charge in [0.25, 0.3) is 0 Å². The van der Waals surface area contributed by atoms with Crippen LogP contribution in [0.3, 0.4) is 0 Å². The normalized spacial score (nSPS) is 10.3. The molecule has 84 valence electrons. The fourth-order valence-corrected chi connectivity index (χ4v) is 2.39. The van der Waals surface area contributed by atoms with E-state index in [9.17, 15) is 0 Å². The first-order chi connectivity index (χ1) is 7.88. The van der Waals surface area contributed by atoms with Gasteiger partial charge in [-0.05, 0) is 17.7 Å². The first-order valence-corrected chi connectivity index (χ1v) is 6.06. The minimum Gasteiger partial charge on any atom is -0.482 e. The molecule has 0 saturated carbocycles. The third kappa shape index (κ3) is 3.08. The molecule has 0 aliphatic carbocycles. The van der Waals surface area contributed by atoms with Gasteiger partial charge in [-0.2, -0.15) is 0 Å². The maximum atomic E-state index is 8.65. The highest BCUT2D eigenvalue weighted by molar-refractivity contribution is 7.13. The number of aliphatic hydroxyl groups excluding tert-OH is 1. The highest BCUT2D eigenvalue weighted by Crippen LogP contribution is 2.26. The highest BCUT2D eigenvalue weighted by atomic mass is 32.1. The van der Waals surface area contributed by atoms with Gasteiger partial charge in [0.1, 0.15) is 6.61 Å². The summed E-state index contributed by atoms with van der Waals surface area (Å²) in [5.74, 6) is 0. The molecule has 2 nitrogen and oxygen atoms in total. The second kappa shape index (κ2) is 5.68.